The van der Waals surface area contributed by atoms with E-state index in [4.69, 9.17) is 9.47 Å². The Morgan fingerprint density at radius 1 is 0.591 bits per heavy atom. The van der Waals surface area contributed by atoms with Gasteiger partial charge in [0.25, 0.3) is 0 Å². The van der Waals surface area contributed by atoms with E-state index in [2.05, 4.69) is 10.3 Å². The van der Waals surface area contributed by atoms with Crippen molar-refractivity contribution in [2.45, 2.75) is 73.0 Å². The number of para-hydroxylation sites is 4. The number of ether oxygens (including phenoxy) is 2. The number of benzene rings is 4. The van der Waals surface area contributed by atoms with Crippen molar-refractivity contribution in [3.63, 3.8) is 0 Å². The third-order valence-corrected chi connectivity index (χ3v) is 15.1. The molecule has 2 atom stereocenters. The standard InChI is InChI=1S/C14H19NO4S.C14H17NO4S.C9H11NO2S.C9H9NO2S/c2*1-14(2,3)19-13(16)15-9-12(20(4,17)18)10-7-5-6-8-11(10)15;2*1-13(11,12)9-6-10-8-5-3-2-4-7(8)9/h5-8,12H,9H2,1-4H3;5-9H,1-4H3;2-5,9-10H,6H2,1H3;2-6,10H,1H3. The largest absolute Gasteiger partial charge is 0.443 e. The van der Waals surface area contributed by atoms with Crippen molar-refractivity contribution in [1.82, 2.24) is 9.55 Å². The molecular formula is C46H56N4O12S4. The van der Waals surface area contributed by atoms with Gasteiger partial charge in [0.2, 0.25) is 0 Å². The Morgan fingerprint density at radius 3 is 1.67 bits per heavy atom. The summed E-state index contributed by atoms with van der Waals surface area (Å²) in [6.07, 6.45) is 6.53. The van der Waals surface area contributed by atoms with Crippen LogP contribution < -0.4 is 10.2 Å². The molecule has 2 N–H and O–H groups in total. The Hall–Kier alpha value is -5.70. The average Bonchev–Trinajstić information content (AvgIpc) is 3.99. The van der Waals surface area contributed by atoms with Gasteiger partial charge in [0.1, 0.15) is 21.7 Å². The lowest BCUT2D eigenvalue weighted by Crippen LogP contribution is -2.36. The summed E-state index contributed by atoms with van der Waals surface area (Å²) in [6.45, 7) is 11.2. The third-order valence-electron chi connectivity index (χ3n) is 9.97. The summed E-state index contributed by atoms with van der Waals surface area (Å²) in [4.78, 5) is 29.2. The summed E-state index contributed by atoms with van der Waals surface area (Å²) in [5.74, 6) is 0. The molecule has 0 saturated carbocycles. The minimum absolute atomic E-state index is 0.104. The van der Waals surface area contributed by atoms with Gasteiger partial charge in [0.15, 0.2) is 39.3 Å². The van der Waals surface area contributed by atoms with Gasteiger partial charge in [0, 0.05) is 65.9 Å². The number of sulfone groups is 4. The van der Waals surface area contributed by atoms with Crippen LogP contribution in [0.4, 0.5) is 21.0 Å². The lowest BCUT2D eigenvalue weighted by molar-refractivity contribution is 0.0541. The maximum Gasteiger partial charge on any atom is 0.419 e. The zero-order chi connectivity index (χ0) is 49.2. The average molecular weight is 985 g/mol. The number of carbonyl (C=O) groups excluding carboxylic acids is 2. The number of aromatic amines is 1. The first-order chi connectivity index (χ1) is 30.4. The number of anilines is 2. The van der Waals surface area contributed by atoms with Crippen LogP contribution in [-0.4, -0.2) is 105 Å². The van der Waals surface area contributed by atoms with Crippen LogP contribution >= 0.6 is 0 Å². The number of amides is 1. The highest BCUT2D eigenvalue weighted by Gasteiger charge is 2.39. The lowest BCUT2D eigenvalue weighted by atomic mass is 10.2. The van der Waals surface area contributed by atoms with Crippen molar-refractivity contribution in [2.24, 2.45) is 0 Å². The van der Waals surface area contributed by atoms with E-state index in [0.717, 1.165) is 28.4 Å². The predicted molar refractivity (Wildman–Crippen MR) is 258 cm³/mol. The van der Waals surface area contributed by atoms with Crippen LogP contribution in [0.2, 0.25) is 0 Å². The minimum atomic E-state index is -3.41. The Bertz CT molecular complexity index is 3220. The third kappa shape index (κ3) is 12.8. The summed E-state index contributed by atoms with van der Waals surface area (Å²) in [5.41, 5.74) is 3.20. The van der Waals surface area contributed by atoms with Gasteiger partial charge < -0.3 is 19.8 Å². The van der Waals surface area contributed by atoms with Crippen LogP contribution in [0.5, 0.6) is 0 Å². The van der Waals surface area contributed by atoms with Crippen LogP contribution in [0.1, 0.15) is 63.2 Å². The van der Waals surface area contributed by atoms with Crippen LogP contribution in [0, 0.1) is 0 Å². The smallest absolute Gasteiger partial charge is 0.419 e. The molecule has 6 aromatic rings. The van der Waals surface area contributed by atoms with E-state index < -0.39 is 68.0 Å². The summed E-state index contributed by atoms with van der Waals surface area (Å²) in [6, 6.07) is 28.7. The summed E-state index contributed by atoms with van der Waals surface area (Å²) in [5, 5.41) is 3.29. The molecule has 356 valence electrons. The van der Waals surface area contributed by atoms with Gasteiger partial charge in [-0.05, 0) is 76.9 Å². The molecule has 4 aromatic carbocycles. The molecular weight excluding hydrogens is 929 g/mol. The first-order valence-electron chi connectivity index (χ1n) is 20.5. The van der Waals surface area contributed by atoms with Crippen molar-refractivity contribution < 1.29 is 52.7 Å². The van der Waals surface area contributed by atoms with Gasteiger partial charge >= 0.3 is 12.2 Å². The minimum Gasteiger partial charge on any atom is -0.443 e. The molecule has 1 amide bonds. The molecule has 0 radical (unpaired) electrons. The van der Waals surface area contributed by atoms with Crippen LogP contribution in [-0.2, 0) is 48.8 Å². The molecule has 2 unspecified atom stereocenters. The fourth-order valence-electron chi connectivity index (χ4n) is 7.12. The van der Waals surface area contributed by atoms with Gasteiger partial charge in [0.05, 0.1) is 27.5 Å². The quantitative estimate of drug-likeness (QED) is 0.170. The fraction of sp³-hybridized carbons (Fsp3) is 0.348. The predicted octanol–water partition coefficient (Wildman–Crippen LogP) is 8.12. The van der Waals surface area contributed by atoms with E-state index in [1.807, 2.05) is 42.5 Å². The molecule has 4 heterocycles. The molecule has 2 aromatic heterocycles. The number of carbonyl (C=O) groups is 2. The highest BCUT2D eigenvalue weighted by atomic mass is 32.2. The molecule has 16 nitrogen and oxygen atoms in total. The number of nitrogens with one attached hydrogen (secondary N) is 2. The number of nitrogens with zero attached hydrogens (tertiary/aromatic N) is 2. The molecule has 0 fully saturated rings. The topological polar surface area (TPSA) is 225 Å². The van der Waals surface area contributed by atoms with Gasteiger partial charge in [-0.2, -0.15) is 0 Å². The second-order valence-electron chi connectivity index (χ2n) is 17.9. The number of hydrogen-bond donors (Lipinski definition) is 2. The Morgan fingerprint density at radius 2 is 1.09 bits per heavy atom. The van der Waals surface area contributed by atoms with E-state index in [9.17, 15) is 43.3 Å². The molecule has 0 saturated heterocycles. The van der Waals surface area contributed by atoms with Crippen LogP contribution in [0.3, 0.4) is 0 Å². The molecule has 0 bridgehead atoms. The van der Waals surface area contributed by atoms with E-state index in [0.29, 0.717) is 33.6 Å². The number of fused-ring (bicyclic) bond motifs is 4. The van der Waals surface area contributed by atoms with Crippen molar-refractivity contribution >= 4 is 84.7 Å². The maximum absolute atomic E-state index is 12.2. The molecule has 2 aliphatic rings. The van der Waals surface area contributed by atoms with Gasteiger partial charge in [-0.1, -0.05) is 72.8 Å². The maximum atomic E-state index is 12.2. The summed E-state index contributed by atoms with van der Waals surface area (Å²) < 4.78 is 104. The van der Waals surface area contributed by atoms with E-state index in [1.54, 1.807) is 96.1 Å². The van der Waals surface area contributed by atoms with Crippen molar-refractivity contribution in [3.05, 3.63) is 121 Å². The van der Waals surface area contributed by atoms with Gasteiger partial charge in [-0.25, -0.2) is 43.3 Å². The summed E-state index contributed by atoms with van der Waals surface area (Å²) >= 11 is 0. The summed E-state index contributed by atoms with van der Waals surface area (Å²) in [7, 11) is -12.8. The van der Waals surface area contributed by atoms with Crippen LogP contribution in [0.25, 0.3) is 21.8 Å². The van der Waals surface area contributed by atoms with Gasteiger partial charge in [-0.15, -0.1) is 0 Å². The monoisotopic (exact) mass is 984 g/mol. The number of H-pyrrole nitrogens is 1. The zero-order valence-electron chi connectivity index (χ0n) is 38.4. The Balaban J connectivity index is 0.000000168. The number of rotatable bonds is 4. The van der Waals surface area contributed by atoms with Gasteiger partial charge in [-0.3, -0.25) is 9.47 Å². The molecule has 0 spiro atoms. The Labute approximate surface area is 387 Å². The second-order valence-corrected chi connectivity index (χ2v) is 26.3. The second kappa shape index (κ2) is 19.3. The molecule has 2 aliphatic heterocycles. The van der Waals surface area contributed by atoms with Crippen molar-refractivity contribution in [2.75, 3.05) is 48.3 Å². The van der Waals surface area contributed by atoms with E-state index >= 15 is 0 Å². The highest BCUT2D eigenvalue weighted by Crippen LogP contribution is 2.40. The SMILES string of the molecule is CC(C)(C)OC(=O)N1CC(S(C)(=O)=O)c2ccccc21.CC(C)(C)OC(=O)n1cc(S(C)(=O)=O)c2ccccc21.CS(=O)(=O)C1CNc2ccccc21.CS(=O)(=O)c1c[nH]c2ccccc12. The zero-order valence-corrected chi connectivity index (χ0v) is 41.7. The van der Waals surface area contributed by atoms with Crippen LogP contribution in [0.15, 0.2) is 119 Å². The van der Waals surface area contributed by atoms with Crippen molar-refractivity contribution in [1.29, 1.82) is 0 Å². The molecule has 0 aliphatic carbocycles. The first kappa shape index (κ1) is 51.3. The first-order valence-corrected chi connectivity index (χ1v) is 28.2. The van der Waals surface area contributed by atoms with E-state index in [-0.39, 0.29) is 16.7 Å². The fourth-order valence-corrected chi connectivity index (χ4v) is 11.0. The lowest BCUT2D eigenvalue weighted by Gasteiger charge is -2.24. The number of aromatic nitrogens is 2. The molecule has 8 rings (SSSR count). The normalized spacial score (nSPS) is 16.0. The highest BCUT2D eigenvalue weighted by molar-refractivity contribution is 7.91. The molecule has 66 heavy (non-hydrogen) atoms. The molecule has 20 heteroatoms. The van der Waals surface area contributed by atoms with Crippen molar-refractivity contribution in [3.8, 4) is 0 Å². The van der Waals surface area contributed by atoms with E-state index in [1.165, 1.54) is 40.6 Å². The number of hydrogen-bond acceptors (Lipinski definition) is 13. The Kier molecular flexibility index (Phi) is 15.0.